The number of rotatable bonds is 8. The van der Waals surface area contributed by atoms with E-state index in [-0.39, 0.29) is 12.5 Å². The molecule has 0 saturated carbocycles. The molecule has 0 aliphatic carbocycles. The van der Waals surface area contributed by atoms with Crippen LogP contribution in [-0.4, -0.2) is 30.0 Å². The minimum Gasteiger partial charge on any atom is -0.452 e. The van der Waals surface area contributed by atoms with E-state index in [2.05, 4.69) is 16.4 Å². The van der Waals surface area contributed by atoms with E-state index in [4.69, 9.17) is 4.74 Å². The summed E-state index contributed by atoms with van der Waals surface area (Å²) in [4.78, 5) is 28.1. The summed E-state index contributed by atoms with van der Waals surface area (Å²) in [6, 6.07) is 15.3. The number of ether oxygens (including phenoxy) is 1. The Hall–Kier alpha value is -2.38. The summed E-state index contributed by atoms with van der Waals surface area (Å²) in [6.07, 6.45) is 0.843. The Morgan fingerprint density at radius 2 is 1.93 bits per heavy atom. The number of carbonyl (C=O) groups excluding carboxylic acids is 2. The summed E-state index contributed by atoms with van der Waals surface area (Å²) in [5.41, 5.74) is 2.55. The first kappa shape index (κ1) is 19.4. The molecule has 7 heteroatoms. The summed E-state index contributed by atoms with van der Waals surface area (Å²) in [7, 11) is 0. The summed E-state index contributed by atoms with van der Waals surface area (Å²) < 4.78 is 7.23. The second kappa shape index (κ2) is 9.53. The molecule has 3 rings (SSSR count). The monoisotopic (exact) mass is 400 g/mol. The highest BCUT2D eigenvalue weighted by Crippen LogP contribution is 2.31. The lowest BCUT2D eigenvalue weighted by Gasteiger charge is -2.06. The molecule has 0 bridgehead atoms. The van der Waals surface area contributed by atoms with Crippen molar-refractivity contribution in [1.29, 1.82) is 0 Å². The Morgan fingerprint density at radius 3 is 2.67 bits per heavy atom. The van der Waals surface area contributed by atoms with Crippen molar-refractivity contribution in [1.82, 2.24) is 10.3 Å². The molecule has 0 aliphatic heterocycles. The Balaban J connectivity index is 1.50. The molecule has 0 spiro atoms. The molecule has 0 unspecified atom stereocenters. The smallest absolute Gasteiger partial charge is 0.338 e. The van der Waals surface area contributed by atoms with Gasteiger partial charge >= 0.3 is 5.97 Å². The van der Waals surface area contributed by atoms with Crippen LogP contribution in [-0.2, 0) is 15.3 Å². The van der Waals surface area contributed by atoms with Gasteiger partial charge < -0.3 is 10.1 Å². The van der Waals surface area contributed by atoms with Crippen LogP contribution in [0.1, 0.15) is 29.3 Å². The van der Waals surface area contributed by atoms with Crippen molar-refractivity contribution >= 4 is 45.2 Å². The van der Waals surface area contributed by atoms with Crippen molar-refractivity contribution in [2.45, 2.75) is 23.4 Å². The van der Waals surface area contributed by atoms with Crippen molar-refractivity contribution in [2.75, 3.05) is 13.2 Å². The zero-order valence-electron chi connectivity index (χ0n) is 14.9. The van der Waals surface area contributed by atoms with Crippen molar-refractivity contribution in [3.05, 3.63) is 59.7 Å². The Kier molecular flexibility index (Phi) is 6.84. The number of nitrogens with zero attached hydrogens (tertiary/aromatic N) is 1. The number of thiazole rings is 1. The van der Waals surface area contributed by atoms with E-state index >= 15 is 0 Å². The van der Waals surface area contributed by atoms with Crippen molar-refractivity contribution in [3.63, 3.8) is 0 Å². The van der Waals surface area contributed by atoms with Gasteiger partial charge in [0.05, 0.1) is 15.8 Å². The first-order valence-corrected chi connectivity index (χ1v) is 10.5. The number of benzene rings is 2. The largest absolute Gasteiger partial charge is 0.452 e. The van der Waals surface area contributed by atoms with Crippen LogP contribution >= 0.6 is 23.1 Å². The Morgan fingerprint density at radius 1 is 1.15 bits per heavy atom. The zero-order valence-corrected chi connectivity index (χ0v) is 16.6. The van der Waals surface area contributed by atoms with E-state index < -0.39 is 5.97 Å². The quantitative estimate of drug-likeness (QED) is 0.452. The molecule has 5 nitrogen and oxygen atoms in total. The van der Waals surface area contributed by atoms with Crippen LogP contribution in [0, 0.1) is 0 Å². The molecule has 3 aromatic rings. The molecule has 1 aromatic heterocycles. The predicted molar refractivity (Wildman–Crippen MR) is 109 cm³/mol. The van der Waals surface area contributed by atoms with E-state index in [1.165, 1.54) is 4.70 Å². The first-order valence-electron chi connectivity index (χ1n) is 8.67. The normalized spacial score (nSPS) is 10.7. The van der Waals surface area contributed by atoms with E-state index in [0.29, 0.717) is 12.1 Å². The highest BCUT2D eigenvalue weighted by molar-refractivity contribution is 8.00. The molecule has 140 valence electrons. The molecule has 1 N–H and O–H groups in total. The fourth-order valence-electron chi connectivity index (χ4n) is 2.32. The second-order valence-corrected chi connectivity index (χ2v) is 8.11. The zero-order chi connectivity index (χ0) is 19.1. The van der Waals surface area contributed by atoms with E-state index in [1.54, 1.807) is 35.2 Å². The second-order valence-electron chi connectivity index (χ2n) is 5.86. The molecule has 0 radical (unpaired) electrons. The van der Waals surface area contributed by atoms with Crippen LogP contribution in [0.25, 0.3) is 10.2 Å². The topological polar surface area (TPSA) is 68.3 Å². The minimum absolute atomic E-state index is 0.256. The van der Waals surface area contributed by atoms with Crippen LogP contribution in [0.5, 0.6) is 0 Å². The van der Waals surface area contributed by atoms with Gasteiger partial charge in [-0.15, -0.1) is 11.3 Å². The maximum Gasteiger partial charge on any atom is 0.338 e. The fourth-order valence-corrected chi connectivity index (χ4v) is 4.35. The lowest BCUT2D eigenvalue weighted by atomic mass is 10.1. The van der Waals surface area contributed by atoms with Crippen LogP contribution in [0.2, 0.25) is 0 Å². The average Bonchev–Trinajstić information content (AvgIpc) is 3.12. The predicted octanol–water partition coefficient (Wildman–Crippen LogP) is 4.27. The lowest BCUT2D eigenvalue weighted by molar-refractivity contribution is -0.124. The van der Waals surface area contributed by atoms with Gasteiger partial charge in [0.15, 0.2) is 10.9 Å². The van der Waals surface area contributed by atoms with Gasteiger partial charge in [-0.25, -0.2) is 9.78 Å². The molecule has 0 aliphatic rings. The molecule has 27 heavy (non-hydrogen) atoms. The summed E-state index contributed by atoms with van der Waals surface area (Å²) >= 11 is 3.35. The van der Waals surface area contributed by atoms with Crippen LogP contribution in [0.3, 0.4) is 0 Å². The highest BCUT2D eigenvalue weighted by Gasteiger charge is 2.10. The molecule has 0 atom stereocenters. The van der Waals surface area contributed by atoms with Crippen LogP contribution in [0.4, 0.5) is 0 Å². The first-order chi connectivity index (χ1) is 13.2. The molecule has 0 fully saturated rings. The molecular formula is C20H20N2O3S2. The highest BCUT2D eigenvalue weighted by atomic mass is 32.2. The number of hydrogen-bond donors (Lipinski definition) is 1. The fraction of sp³-hybridized carbons (Fsp3) is 0.250. The molecular weight excluding hydrogens is 380 g/mol. The standard InChI is InChI=1S/C20H20N2O3S2/c1-2-11-21-18(23)12-25-19(24)15-9-7-14(8-10-15)13-26-20-22-16-5-3-4-6-17(16)27-20/h3-10H,2,11-13H2,1H3,(H,21,23). The van der Waals surface area contributed by atoms with Crippen molar-refractivity contribution < 1.29 is 14.3 Å². The van der Waals surface area contributed by atoms with Crippen LogP contribution < -0.4 is 5.32 Å². The third-order valence-corrected chi connectivity index (χ3v) is 5.98. The number of esters is 1. The molecule has 1 heterocycles. The number of thioether (sulfide) groups is 1. The number of para-hydroxylation sites is 1. The Bertz CT molecular complexity index is 889. The van der Waals surface area contributed by atoms with E-state index in [9.17, 15) is 9.59 Å². The third kappa shape index (κ3) is 5.55. The van der Waals surface area contributed by atoms with Gasteiger partial charge in [-0.2, -0.15) is 0 Å². The van der Waals surface area contributed by atoms with Gasteiger partial charge in [0.1, 0.15) is 0 Å². The summed E-state index contributed by atoms with van der Waals surface area (Å²) in [5, 5.41) is 2.67. The van der Waals surface area contributed by atoms with Crippen molar-refractivity contribution in [3.8, 4) is 0 Å². The van der Waals surface area contributed by atoms with Gasteiger partial charge in [-0.3, -0.25) is 4.79 Å². The van der Waals surface area contributed by atoms with Gasteiger partial charge in [-0.1, -0.05) is 43.0 Å². The third-order valence-electron chi connectivity index (χ3n) is 3.73. The van der Waals surface area contributed by atoms with Crippen LogP contribution in [0.15, 0.2) is 52.9 Å². The average molecular weight is 401 g/mol. The molecule has 2 aromatic carbocycles. The van der Waals surface area contributed by atoms with Crippen molar-refractivity contribution in [2.24, 2.45) is 0 Å². The minimum atomic E-state index is -0.493. The van der Waals surface area contributed by atoms with E-state index in [1.807, 2.05) is 37.3 Å². The Labute approximate surface area is 166 Å². The van der Waals surface area contributed by atoms with Gasteiger partial charge in [0.2, 0.25) is 0 Å². The maximum absolute atomic E-state index is 12.0. The number of aromatic nitrogens is 1. The molecule has 1 amide bonds. The number of hydrogen-bond acceptors (Lipinski definition) is 6. The van der Waals surface area contributed by atoms with Gasteiger partial charge in [-0.05, 0) is 36.2 Å². The number of carbonyl (C=O) groups is 2. The molecule has 0 saturated heterocycles. The maximum atomic E-state index is 12.0. The lowest BCUT2D eigenvalue weighted by Crippen LogP contribution is -2.29. The summed E-state index contributed by atoms with van der Waals surface area (Å²) in [6.45, 7) is 2.29. The van der Waals surface area contributed by atoms with Gasteiger partial charge in [0, 0.05) is 12.3 Å². The van der Waals surface area contributed by atoms with E-state index in [0.717, 1.165) is 27.6 Å². The number of fused-ring (bicyclic) bond motifs is 1. The SMILES string of the molecule is CCCNC(=O)COC(=O)c1ccc(CSc2nc3ccccc3s2)cc1. The number of nitrogens with one attached hydrogen (secondary N) is 1. The van der Waals surface area contributed by atoms with Gasteiger partial charge in [0.25, 0.3) is 5.91 Å². The summed E-state index contributed by atoms with van der Waals surface area (Å²) in [5.74, 6) is -0.00438. The number of amides is 1.